The molecule has 1 aromatic rings. The van der Waals surface area contributed by atoms with E-state index in [0.29, 0.717) is 5.92 Å². The molecule has 1 aliphatic carbocycles. The molecule has 0 heterocycles. The first-order valence-corrected chi connectivity index (χ1v) is 6.66. The monoisotopic (exact) mass is 250 g/mol. The van der Waals surface area contributed by atoms with Crippen LogP contribution in [0.2, 0.25) is 0 Å². The standard InChI is InChI=1S/C16H20F2/c1-4-12-9-13(11(3)8-10(12)2)16-14(17)6-5-7-15(16)18/h5-7,11,13H,4,8-9H2,1-3H3. The summed E-state index contributed by atoms with van der Waals surface area (Å²) in [6.07, 6.45) is 2.72. The lowest BCUT2D eigenvalue weighted by Gasteiger charge is -2.32. The van der Waals surface area contributed by atoms with Crippen LogP contribution in [-0.2, 0) is 0 Å². The van der Waals surface area contributed by atoms with Gasteiger partial charge < -0.3 is 0 Å². The molecule has 0 radical (unpaired) electrons. The van der Waals surface area contributed by atoms with Crippen molar-refractivity contribution in [1.29, 1.82) is 0 Å². The van der Waals surface area contributed by atoms with Gasteiger partial charge in [-0.3, -0.25) is 0 Å². The van der Waals surface area contributed by atoms with Crippen LogP contribution in [0, 0.1) is 17.6 Å². The van der Waals surface area contributed by atoms with Crippen LogP contribution in [0.3, 0.4) is 0 Å². The molecule has 0 saturated heterocycles. The zero-order valence-corrected chi connectivity index (χ0v) is 11.3. The van der Waals surface area contributed by atoms with Crippen molar-refractivity contribution in [3.63, 3.8) is 0 Å². The highest BCUT2D eigenvalue weighted by molar-refractivity contribution is 5.30. The molecule has 1 aromatic carbocycles. The SMILES string of the molecule is CCC1=C(C)CC(C)C(c2c(F)cccc2F)C1. The van der Waals surface area contributed by atoms with Gasteiger partial charge in [-0.2, -0.15) is 0 Å². The van der Waals surface area contributed by atoms with E-state index in [2.05, 4.69) is 20.8 Å². The van der Waals surface area contributed by atoms with Crippen LogP contribution in [0.15, 0.2) is 29.3 Å². The Labute approximate surface area is 108 Å². The second-order valence-electron chi connectivity index (χ2n) is 5.36. The zero-order valence-electron chi connectivity index (χ0n) is 11.3. The van der Waals surface area contributed by atoms with Crippen LogP contribution in [-0.4, -0.2) is 0 Å². The highest BCUT2D eigenvalue weighted by Crippen LogP contribution is 2.42. The quantitative estimate of drug-likeness (QED) is 0.632. The van der Waals surface area contributed by atoms with Gasteiger partial charge in [0.15, 0.2) is 0 Å². The zero-order chi connectivity index (χ0) is 13.3. The lowest BCUT2D eigenvalue weighted by molar-refractivity contribution is 0.390. The normalized spacial score (nSPS) is 24.5. The molecule has 0 fully saturated rings. The van der Waals surface area contributed by atoms with Crippen molar-refractivity contribution in [2.24, 2.45) is 5.92 Å². The van der Waals surface area contributed by atoms with Crippen molar-refractivity contribution in [2.75, 3.05) is 0 Å². The minimum absolute atomic E-state index is 0.0233. The van der Waals surface area contributed by atoms with Gasteiger partial charge in [0, 0.05) is 5.56 Å². The second-order valence-corrected chi connectivity index (χ2v) is 5.36. The average molecular weight is 250 g/mol. The molecular weight excluding hydrogens is 230 g/mol. The molecular formula is C16H20F2. The Morgan fingerprint density at radius 3 is 2.33 bits per heavy atom. The third-order valence-corrected chi connectivity index (χ3v) is 4.18. The highest BCUT2D eigenvalue weighted by Gasteiger charge is 2.30. The number of hydrogen-bond acceptors (Lipinski definition) is 0. The summed E-state index contributed by atoms with van der Waals surface area (Å²) in [5.74, 6) is -0.528. The van der Waals surface area contributed by atoms with E-state index >= 15 is 0 Å². The fourth-order valence-electron chi connectivity index (χ4n) is 3.11. The molecule has 18 heavy (non-hydrogen) atoms. The fraction of sp³-hybridized carbons (Fsp3) is 0.500. The molecule has 1 aliphatic rings. The van der Waals surface area contributed by atoms with Crippen LogP contribution in [0.1, 0.15) is 51.5 Å². The van der Waals surface area contributed by atoms with Gasteiger partial charge in [0.25, 0.3) is 0 Å². The molecule has 0 N–H and O–H groups in total. The molecule has 0 saturated carbocycles. The molecule has 0 aromatic heterocycles. The van der Waals surface area contributed by atoms with Gasteiger partial charge in [0.1, 0.15) is 11.6 Å². The first-order chi connectivity index (χ1) is 8.54. The van der Waals surface area contributed by atoms with Crippen molar-refractivity contribution in [3.05, 3.63) is 46.5 Å². The number of allylic oxidation sites excluding steroid dienone is 2. The van der Waals surface area contributed by atoms with E-state index in [9.17, 15) is 8.78 Å². The van der Waals surface area contributed by atoms with Gasteiger partial charge in [-0.15, -0.1) is 0 Å². The summed E-state index contributed by atoms with van der Waals surface area (Å²) in [4.78, 5) is 0. The van der Waals surface area contributed by atoms with Crippen molar-refractivity contribution < 1.29 is 8.78 Å². The molecule has 2 atom stereocenters. The number of halogens is 2. The molecule has 2 rings (SSSR count). The third kappa shape index (κ3) is 2.33. The summed E-state index contributed by atoms with van der Waals surface area (Å²) >= 11 is 0. The first-order valence-electron chi connectivity index (χ1n) is 6.66. The van der Waals surface area contributed by atoms with Gasteiger partial charge in [0.2, 0.25) is 0 Å². The lowest BCUT2D eigenvalue weighted by Crippen LogP contribution is -2.19. The van der Waals surface area contributed by atoms with E-state index in [0.717, 1.165) is 19.3 Å². The number of benzene rings is 1. The average Bonchev–Trinajstić information content (AvgIpc) is 2.31. The third-order valence-electron chi connectivity index (χ3n) is 4.18. The largest absolute Gasteiger partial charge is 0.207 e. The Kier molecular flexibility index (Phi) is 3.84. The molecule has 0 amide bonds. The minimum atomic E-state index is -0.401. The van der Waals surface area contributed by atoms with Crippen LogP contribution in [0.4, 0.5) is 8.78 Å². The summed E-state index contributed by atoms with van der Waals surface area (Å²) in [5, 5.41) is 0. The fourth-order valence-corrected chi connectivity index (χ4v) is 3.11. The van der Waals surface area contributed by atoms with Gasteiger partial charge in [0.05, 0.1) is 0 Å². The lowest BCUT2D eigenvalue weighted by atomic mass is 9.73. The number of hydrogen-bond donors (Lipinski definition) is 0. The Morgan fingerprint density at radius 1 is 1.17 bits per heavy atom. The van der Waals surface area contributed by atoms with E-state index in [-0.39, 0.29) is 11.5 Å². The molecule has 2 heteroatoms. The van der Waals surface area contributed by atoms with Gasteiger partial charge >= 0.3 is 0 Å². The maximum absolute atomic E-state index is 13.9. The van der Waals surface area contributed by atoms with Gasteiger partial charge in [-0.25, -0.2) is 8.78 Å². The molecule has 2 unspecified atom stereocenters. The Hall–Kier alpha value is -1.18. The van der Waals surface area contributed by atoms with E-state index in [1.807, 2.05) is 0 Å². The summed E-state index contributed by atoms with van der Waals surface area (Å²) in [6, 6.07) is 4.16. The second kappa shape index (κ2) is 5.21. The molecule has 0 nitrogen and oxygen atoms in total. The van der Waals surface area contributed by atoms with Crippen molar-refractivity contribution in [2.45, 2.75) is 46.0 Å². The van der Waals surface area contributed by atoms with E-state index in [4.69, 9.17) is 0 Å². The Balaban J connectivity index is 2.40. The maximum atomic E-state index is 13.9. The van der Waals surface area contributed by atoms with Crippen LogP contribution in [0.5, 0.6) is 0 Å². The van der Waals surface area contributed by atoms with Crippen LogP contribution < -0.4 is 0 Å². The topological polar surface area (TPSA) is 0 Å². The summed E-state index contributed by atoms with van der Waals surface area (Å²) < 4.78 is 27.8. The van der Waals surface area contributed by atoms with Crippen molar-refractivity contribution in [1.82, 2.24) is 0 Å². The predicted molar refractivity (Wildman–Crippen MR) is 70.5 cm³/mol. The van der Waals surface area contributed by atoms with E-state index in [1.54, 1.807) is 0 Å². The molecule has 0 spiro atoms. The molecule has 98 valence electrons. The summed E-state index contributed by atoms with van der Waals surface area (Å²) in [5.41, 5.74) is 3.04. The Morgan fingerprint density at radius 2 is 1.78 bits per heavy atom. The van der Waals surface area contributed by atoms with E-state index in [1.165, 1.54) is 29.3 Å². The molecule has 0 aliphatic heterocycles. The van der Waals surface area contributed by atoms with Gasteiger partial charge in [-0.05, 0) is 50.2 Å². The van der Waals surface area contributed by atoms with E-state index < -0.39 is 11.6 Å². The number of rotatable bonds is 2. The smallest absolute Gasteiger partial charge is 0.129 e. The summed E-state index contributed by atoms with van der Waals surface area (Å²) in [7, 11) is 0. The molecule has 0 bridgehead atoms. The highest BCUT2D eigenvalue weighted by atomic mass is 19.1. The summed E-state index contributed by atoms with van der Waals surface area (Å²) in [6.45, 7) is 6.35. The van der Waals surface area contributed by atoms with Crippen LogP contribution >= 0.6 is 0 Å². The van der Waals surface area contributed by atoms with Gasteiger partial charge in [-0.1, -0.05) is 31.1 Å². The Bertz CT molecular complexity index is 454. The van der Waals surface area contributed by atoms with Crippen molar-refractivity contribution >= 4 is 0 Å². The van der Waals surface area contributed by atoms with Crippen LogP contribution in [0.25, 0.3) is 0 Å². The first kappa shape index (κ1) is 13.3. The van der Waals surface area contributed by atoms with Crippen molar-refractivity contribution in [3.8, 4) is 0 Å². The minimum Gasteiger partial charge on any atom is -0.207 e. The predicted octanol–water partition coefficient (Wildman–Crippen LogP) is 5.20. The maximum Gasteiger partial charge on any atom is 0.129 e.